The lowest BCUT2D eigenvalue weighted by Crippen LogP contribution is -2.52. The van der Waals surface area contributed by atoms with Crippen LogP contribution < -0.4 is 5.32 Å². The highest BCUT2D eigenvalue weighted by molar-refractivity contribution is 8.00. The summed E-state index contributed by atoms with van der Waals surface area (Å²) >= 11 is 1.93. The zero-order valence-corrected chi connectivity index (χ0v) is 14.1. The van der Waals surface area contributed by atoms with E-state index in [0.29, 0.717) is 23.6 Å². The number of rotatable bonds is 6. The molecule has 1 aliphatic rings. The number of hydrogen-bond acceptors (Lipinski definition) is 3. The summed E-state index contributed by atoms with van der Waals surface area (Å²) in [6, 6.07) is 0.339. The number of nitrogens with one attached hydrogen (secondary N) is 1. The van der Waals surface area contributed by atoms with Gasteiger partial charge in [-0.3, -0.25) is 0 Å². The Balaban J connectivity index is 2.43. The van der Waals surface area contributed by atoms with Gasteiger partial charge in [0.1, 0.15) is 0 Å². The lowest BCUT2D eigenvalue weighted by atomic mass is 9.94. The molecule has 0 saturated carbocycles. The van der Waals surface area contributed by atoms with Crippen LogP contribution in [0.5, 0.6) is 0 Å². The van der Waals surface area contributed by atoms with Crippen molar-refractivity contribution in [1.82, 2.24) is 10.2 Å². The number of hydrogen-bond donors (Lipinski definition) is 2. The molecular weight excluding hydrogens is 272 g/mol. The third-order valence-electron chi connectivity index (χ3n) is 4.03. The molecule has 0 spiro atoms. The quantitative estimate of drug-likeness (QED) is 0.793. The number of thioether (sulfide) groups is 1. The third-order valence-corrected chi connectivity index (χ3v) is 5.37. The van der Waals surface area contributed by atoms with Crippen molar-refractivity contribution in [3.05, 3.63) is 0 Å². The van der Waals surface area contributed by atoms with Crippen LogP contribution in [0.2, 0.25) is 0 Å². The van der Waals surface area contributed by atoms with Gasteiger partial charge in [-0.25, -0.2) is 4.79 Å². The van der Waals surface area contributed by atoms with Gasteiger partial charge < -0.3 is 15.3 Å². The van der Waals surface area contributed by atoms with E-state index in [0.717, 1.165) is 25.1 Å². The number of carbonyl (C=O) groups excluding carboxylic acids is 1. The van der Waals surface area contributed by atoms with Crippen molar-refractivity contribution >= 4 is 17.8 Å². The SMILES string of the molecule is CC(C)C[C@H](CCO)CNC(=O)N1CCS[C@H](C)[C@H]1C. The predicted molar refractivity (Wildman–Crippen MR) is 86.1 cm³/mol. The second kappa shape index (κ2) is 8.78. The summed E-state index contributed by atoms with van der Waals surface area (Å²) in [5.41, 5.74) is 0. The van der Waals surface area contributed by atoms with Crippen LogP contribution in [0.4, 0.5) is 4.79 Å². The molecule has 1 saturated heterocycles. The van der Waals surface area contributed by atoms with E-state index < -0.39 is 0 Å². The summed E-state index contributed by atoms with van der Waals surface area (Å²) < 4.78 is 0. The Labute approximate surface area is 127 Å². The lowest BCUT2D eigenvalue weighted by molar-refractivity contribution is 0.175. The Morgan fingerprint density at radius 1 is 1.45 bits per heavy atom. The standard InChI is InChI=1S/C15H30N2O2S/c1-11(2)9-14(5-7-18)10-16-15(19)17-6-8-20-13(4)12(17)3/h11-14,18H,5-10H2,1-4H3,(H,16,19)/t12-,13-,14+/m1/s1. The molecule has 2 N–H and O–H groups in total. The van der Waals surface area contributed by atoms with Crippen molar-refractivity contribution in [3.8, 4) is 0 Å². The lowest BCUT2D eigenvalue weighted by Gasteiger charge is -2.37. The van der Waals surface area contributed by atoms with Crippen molar-refractivity contribution in [2.45, 2.75) is 51.8 Å². The molecule has 2 amide bonds. The van der Waals surface area contributed by atoms with Crippen molar-refractivity contribution in [2.24, 2.45) is 11.8 Å². The molecule has 118 valence electrons. The Hall–Kier alpha value is -0.420. The average molecular weight is 302 g/mol. The smallest absolute Gasteiger partial charge is 0.317 e. The summed E-state index contributed by atoms with van der Waals surface area (Å²) in [5, 5.41) is 12.7. The predicted octanol–water partition coefficient (Wildman–Crippen LogP) is 2.57. The van der Waals surface area contributed by atoms with Crippen LogP contribution in [-0.4, -0.2) is 52.8 Å². The topological polar surface area (TPSA) is 52.6 Å². The fraction of sp³-hybridized carbons (Fsp3) is 0.933. The van der Waals surface area contributed by atoms with Gasteiger partial charge in [-0.05, 0) is 31.6 Å². The number of urea groups is 1. The molecule has 1 heterocycles. The van der Waals surface area contributed by atoms with Gasteiger partial charge in [-0.1, -0.05) is 20.8 Å². The second-order valence-electron chi connectivity index (χ2n) is 6.20. The van der Waals surface area contributed by atoms with E-state index in [1.54, 1.807) is 0 Å². The number of nitrogens with zero attached hydrogens (tertiary/aromatic N) is 1. The third kappa shape index (κ3) is 5.52. The first-order chi connectivity index (χ1) is 9.45. The van der Waals surface area contributed by atoms with Crippen LogP contribution in [0.15, 0.2) is 0 Å². The molecule has 0 aromatic rings. The molecule has 5 heteroatoms. The van der Waals surface area contributed by atoms with Crippen LogP contribution in [0.25, 0.3) is 0 Å². The molecule has 0 bridgehead atoms. The Kier molecular flexibility index (Phi) is 7.74. The van der Waals surface area contributed by atoms with Gasteiger partial charge in [0.05, 0.1) is 0 Å². The van der Waals surface area contributed by atoms with Gasteiger partial charge in [0.15, 0.2) is 0 Å². The van der Waals surface area contributed by atoms with Crippen LogP contribution in [0, 0.1) is 11.8 Å². The van der Waals surface area contributed by atoms with E-state index in [2.05, 4.69) is 33.0 Å². The van der Waals surface area contributed by atoms with Crippen LogP contribution in [-0.2, 0) is 0 Å². The zero-order chi connectivity index (χ0) is 15.1. The van der Waals surface area contributed by atoms with Crippen LogP contribution >= 0.6 is 11.8 Å². The first kappa shape index (κ1) is 17.6. The molecule has 0 unspecified atom stereocenters. The van der Waals surface area contributed by atoms with Crippen molar-refractivity contribution < 1.29 is 9.90 Å². The largest absolute Gasteiger partial charge is 0.396 e. The van der Waals surface area contributed by atoms with Crippen molar-refractivity contribution in [3.63, 3.8) is 0 Å². The molecule has 20 heavy (non-hydrogen) atoms. The number of carbonyl (C=O) groups is 1. The highest BCUT2D eigenvalue weighted by Crippen LogP contribution is 2.24. The number of amides is 2. The summed E-state index contributed by atoms with van der Waals surface area (Å²) in [6.07, 6.45) is 1.81. The fourth-order valence-electron chi connectivity index (χ4n) is 2.71. The van der Waals surface area contributed by atoms with Gasteiger partial charge >= 0.3 is 6.03 Å². The molecule has 0 radical (unpaired) electrons. The zero-order valence-electron chi connectivity index (χ0n) is 13.3. The maximum Gasteiger partial charge on any atom is 0.317 e. The Morgan fingerprint density at radius 2 is 2.15 bits per heavy atom. The highest BCUT2D eigenvalue weighted by atomic mass is 32.2. The number of aliphatic hydroxyl groups is 1. The van der Waals surface area contributed by atoms with Gasteiger partial charge in [-0.15, -0.1) is 0 Å². The van der Waals surface area contributed by atoms with Crippen molar-refractivity contribution in [2.75, 3.05) is 25.4 Å². The van der Waals surface area contributed by atoms with E-state index in [1.165, 1.54) is 0 Å². The summed E-state index contributed by atoms with van der Waals surface area (Å²) in [7, 11) is 0. The molecule has 0 aromatic carbocycles. The van der Waals surface area contributed by atoms with Gasteiger partial charge in [0, 0.05) is 36.7 Å². The first-order valence-electron chi connectivity index (χ1n) is 7.72. The minimum absolute atomic E-state index is 0.0522. The van der Waals surface area contributed by atoms with E-state index in [-0.39, 0.29) is 18.7 Å². The minimum atomic E-state index is 0.0522. The molecule has 0 aromatic heterocycles. The van der Waals surface area contributed by atoms with Crippen molar-refractivity contribution in [1.29, 1.82) is 0 Å². The molecule has 4 nitrogen and oxygen atoms in total. The maximum absolute atomic E-state index is 12.3. The molecule has 1 fully saturated rings. The molecular formula is C15H30N2O2S. The monoisotopic (exact) mass is 302 g/mol. The van der Waals surface area contributed by atoms with E-state index >= 15 is 0 Å². The van der Waals surface area contributed by atoms with Crippen LogP contribution in [0.1, 0.15) is 40.5 Å². The highest BCUT2D eigenvalue weighted by Gasteiger charge is 2.28. The van der Waals surface area contributed by atoms with E-state index in [4.69, 9.17) is 5.11 Å². The molecule has 3 atom stereocenters. The molecule has 0 aliphatic carbocycles. The van der Waals surface area contributed by atoms with E-state index in [1.807, 2.05) is 16.7 Å². The summed E-state index contributed by atoms with van der Waals surface area (Å²) in [6.45, 7) is 10.4. The number of aliphatic hydroxyl groups excluding tert-OH is 1. The van der Waals surface area contributed by atoms with Gasteiger partial charge in [-0.2, -0.15) is 11.8 Å². The fourth-order valence-corrected chi connectivity index (χ4v) is 3.80. The maximum atomic E-state index is 12.3. The summed E-state index contributed by atoms with van der Waals surface area (Å²) in [4.78, 5) is 14.2. The van der Waals surface area contributed by atoms with E-state index in [9.17, 15) is 4.79 Å². The van der Waals surface area contributed by atoms with Crippen LogP contribution in [0.3, 0.4) is 0 Å². The van der Waals surface area contributed by atoms with Gasteiger partial charge in [0.2, 0.25) is 0 Å². The average Bonchev–Trinajstić information content (AvgIpc) is 2.38. The summed E-state index contributed by atoms with van der Waals surface area (Å²) in [5.74, 6) is 1.98. The van der Waals surface area contributed by atoms with Gasteiger partial charge in [0.25, 0.3) is 0 Å². The first-order valence-corrected chi connectivity index (χ1v) is 8.77. The Bertz CT molecular complexity index is 300. The second-order valence-corrected chi connectivity index (χ2v) is 7.69. The molecule has 1 aliphatic heterocycles. The minimum Gasteiger partial charge on any atom is -0.396 e. The normalized spacial score (nSPS) is 24.8. The molecule has 1 rings (SSSR count). The Morgan fingerprint density at radius 3 is 2.75 bits per heavy atom.